The van der Waals surface area contributed by atoms with Crippen LogP contribution in [0.25, 0.3) is 0 Å². The number of nitrogens with two attached hydrogens (primary N) is 2. The Bertz CT molecular complexity index is 341. The summed E-state index contributed by atoms with van der Waals surface area (Å²) in [6.07, 6.45) is 0. The molecular formula is C7H9N3O2S. The minimum absolute atomic E-state index is 0.0800. The topological polar surface area (TPSA) is 90.7 Å². The lowest BCUT2D eigenvalue weighted by atomic mass is 10.4. The fraction of sp³-hybridized carbons (Fsp3) is 0.143. The second-order valence-electron chi connectivity index (χ2n) is 2.16. The van der Waals surface area contributed by atoms with Crippen LogP contribution in [0.3, 0.4) is 0 Å². The first-order valence-corrected chi connectivity index (χ1v) is 4.28. The van der Waals surface area contributed by atoms with Gasteiger partial charge in [-0.3, -0.25) is 0 Å². The van der Waals surface area contributed by atoms with Gasteiger partial charge in [-0.2, -0.15) is 0 Å². The first-order valence-electron chi connectivity index (χ1n) is 3.40. The van der Waals surface area contributed by atoms with Gasteiger partial charge in [0.2, 0.25) is 0 Å². The molecule has 4 N–H and O–H groups in total. The van der Waals surface area contributed by atoms with Crippen molar-refractivity contribution in [2.24, 2.45) is 16.5 Å². The summed E-state index contributed by atoms with van der Waals surface area (Å²) in [5, 5.41) is 1.72. The predicted molar refractivity (Wildman–Crippen MR) is 51.1 cm³/mol. The van der Waals surface area contributed by atoms with Crippen LogP contribution in [0.1, 0.15) is 9.67 Å². The highest BCUT2D eigenvalue weighted by molar-refractivity contribution is 7.12. The van der Waals surface area contributed by atoms with Gasteiger partial charge < -0.3 is 16.2 Å². The van der Waals surface area contributed by atoms with Crippen molar-refractivity contribution >= 4 is 29.0 Å². The quantitative estimate of drug-likeness (QED) is 0.411. The summed E-state index contributed by atoms with van der Waals surface area (Å²) < 4.78 is 4.54. The molecule has 0 saturated carbocycles. The molecule has 0 atom stereocenters. The Labute approximate surface area is 79.0 Å². The van der Waals surface area contributed by atoms with Crippen molar-refractivity contribution < 1.29 is 9.53 Å². The molecule has 0 unspecified atom stereocenters. The zero-order chi connectivity index (χ0) is 9.84. The molecule has 1 rings (SSSR count). The van der Waals surface area contributed by atoms with E-state index in [-0.39, 0.29) is 5.96 Å². The van der Waals surface area contributed by atoms with E-state index in [1.54, 1.807) is 11.4 Å². The summed E-state index contributed by atoms with van der Waals surface area (Å²) in [6.45, 7) is 0. The minimum atomic E-state index is -0.435. The molecule has 1 aromatic heterocycles. The van der Waals surface area contributed by atoms with E-state index in [0.29, 0.717) is 10.6 Å². The molecule has 0 amide bonds. The van der Waals surface area contributed by atoms with Gasteiger partial charge in [0.15, 0.2) is 5.96 Å². The molecule has 0 aliphatic rings. The van der Waals surface area contributed by atoms with Crippen LogP contribution in [0, 0.1) is 0 Å². The normalized spacial score (nSPS) is 9.31. The first kappa shape index (κ1) is 9.53. The van der Waals surface area contributed by atoms with Crippen LogP contribution in [-0.2, 0) is 4.74 Å². The molecule has 0 aromatic carbocycles. The van der Waals surface area contributed by atoms with E-state index < -0.39 is 5.97 Å². The van der Waals surface area contributed by atoms with Crippen LogP contribution in [0.15, 0.2) is 16.4 Å². The summed E-state index contributed by atoms with van der Waals surface area (Å²) >= 11 is 1.23. The maximum atomic E-state index is 11.1. The number of hydrogen-bond acceptors (Lipinski definition) is 4. The van der Waals surface area contributed by atoms with E-state index in [0.717, 1.165) is 0 Å². The van der Waals surface area contributed by atoms with Crippen molar-refractivity contribution in [1.82, 2.24) is 0 Å². The number of thiophene rings is 1. The number of hydrogen-bond donors (Lipinski definition) is 2. The Morgan fingerprint density at radius 2 is 2.31 bits per heavy atom. The Kier molecular flexibility index (Phi) is 2.86. The maximum absolute atomic E-state index is 11.1. The lowest BCUT2D eigenvalue weighted by Gasteiger charge is -1.96. The fourth-order valence-electron chi connectivity index (χ4n) is 0.775. The van der Waals surface area contributed by atoms with Gasteiger partial charge in [0.25, 0.3) is 0 Å². The van der Waals surface area contributed by atoms with Crippen molar-refractivity contribution in [3.63, 3.8) is 0 Å². The molecule has 0 spiro atoms. The molecule has 0 aliphatic heterocycles. The van der Waals surface area contributed by atoms with Gasteiger partial charge >= 0.3 is 5.97 Å². The number of ether oxygens (including phenoxy) is 1. The van der Waals surface area contributed by atoms with Crippen LogP contribution in [0.4, 0.5) is 5.69 Å². The second-order valence-corrected chi connectivity index (χ2v) is 3.08. The molecule has 5 nitrogen and oxygen atoms in total. The molecular weight excluding hydrogens is 190 g/mol. The van der Waals surface area contributed by atoms with Crippen LogP contribution in [0.5, 0.6) is 0 Å². The average molecular weight is 199 g/mol. The van der Waals surface area contributed by atoms with Crippen molar-refractivity contribution in [2.45, 2.75) is 0 Å². The van der Waals surface area contributed by atoms with Crippen molar-refractivity contribution in [2.75, 3.05) is 7.11 Å². The molecule has 0 aliphatic carbocycles. The molecule has 70 valence electrons. The number of nitrogens with zero attached hydrogens (tertiary/aromatic N) is 1. The molecule has 13 heavy (non-hydrogen) atoms. The Morgan fingerprint density at radius 3 is 2.85 bits per heavy atom. The highest BCUT2D eigenvalue weighted by Gasteiger charge is 2.12. The summed E-state index contributed by atoms with van der Waals surface area (Å²) in [5.41, 5.74) is 10.8. The zero-order valence-electron chi connectivity index (χ0n) is 6.98. The van der Waals surface area contributed by atoms with Gasteiger partial charge in [-0.05, 0) is 11.4 Å². The van der Waals surface area contributed by atoms with Crippen molar-refractivity contribution in [3.8, 4) is 0 Å². The van der Waals surface area contributed by atoms with Gasteiger partial charge in [0.1, 0.15) is 4.88 Å². The second kappa shape index (κ2) is 3.90. The standard InChI is InChI=1S/C7H9N3O2S/c1-12-6(11)5-4(2-3-13-5)10-7(8)9/h2-3H,1H3,(H4,8,9,10). The van der Waals surface area contributed by atoms with E-state index in [2.05, 4.69) is 9.73 Å². The van der Waals surface area contributed by atoms with E-state index >= 15 is 0 Å². The van der Waals surface area contributed by atoms with Gasteiger partial charge in [-0.25, -0.2) is 9.79 Å². The number of aliphatic imine (C=N–C) groups is 1. The molecule has 6 heteroatoms. The Hall–Kier alpha value is -1.56. The number of methoxy groups -OCH3 is 1. The van der Waals surface area contributed by atoms with Crippen LogP contribution in [0.2, 0.25) is 0 Å². The number of carbonyl (C=O) groups excluding carboxylic acids is 1. The van der Waals surface area contributed by atoms with E-state index in [9.17, 15) is 4.79 Å². The van der Waals surface area contributed by atoms with Crippen LogP contribution in [-0.4, -0.2) is 19.0 Å². The number of guanidine groups is 1. The highest BCUT2D eigenvalue weighted by Crippen LogP contribution is 2.25. The number of esters is 1. The fourth-order valence-corrected chi connectivity index (χ4v) is 1.52. The van der Waals surface area contributed by atoms with Crippen LogP contribution >= 0.6 is 11.3 Å². The van der Waals surface area contributed by atoms with Gasteiger partial charge in [-0.1, -0.05) is 0 Å². The van der Waals surface area contributed by atoms with Gasteiger partial charge in [0.05, 0.1) is 12.8 Å². The third kappa shape index (κ3) is 2.19. The van der Waals surface area contributed by atoms with E-state index in [1.807, 2.05) is 0 Å². The number of rotatable bonds is 2. The Morgan fingerprint density at radius 1 is 1.62 bits per heavy atom. The zero-order valence-corrected chi connectivity index (χ0v) is 7.80. The SMILES string of the molecule is COC(=O)c1sccc1N=C(N)N. The van der Waals surface area contributed by atoms with Gasteiger partial charge in [0, 0.05) is 0 Å². The largest absolute Gasteiger partial charge is 0.465 e. The smallest absolute Gasteiger partial charge is 0.350 e. The van der Waals surface area contributed by atoms with Crippen molar-refractivity contribution in [3.05, 3.63) is 16.3 Å². The monoisotopic (exact) mass is 199 g/mol. The summed E-state index contributed by atoms with van der Waals surface area (Å²) in [7, 11) is 1.31. The minimum Gasteiger partial charge on any atom is -0.465 e. The molecule has 1 aromatic rings. The maximum Gasteiger partial charge on any atom is 0.350 e. The summed E-state index contributed by atoms with van der Waals surface area (Å²) in [4.78, 5) is 15.3. The highest BCUT2D eigenvalue weighted by atomic mass is 32.1. The van der Waals surface area contributed by atoms with E-state index in [4.69, 9.17) is 11.5 Å². The van der Waals surface area contributed by atoms with Crippen molar-refractivity contribution in [1.29, 1.82) is 0 Å². The molecule has 0 radical (unpaired) electrons. The predicted octanol–water partition coefficient (Wildman–Crippen LogP) is 0.440. The average Bonchev–Trinajstić information content (AvgIpc) is 2.50. The lowest BCUT2D eigenvalue weighted by molar-refractivity contribution is 0.0607. The lowest BCUT2D eigenvalue weighted by Crippen LogP contribution is -2.22. The third-order valence-corrected chi connectivity index (χ3v) is 2.15. The molecule has 0 fully saturated rings. The van der Waals surface area contributed by atoms with Gasteiger partial charge in [-0.15, -0.1) is 11.3 Å². The molecule has 0 bridgehead atoms. The molecule has 0 saturated heterocycles. The summed E-state index contributed by atoms with van der Waals surface area (Å²) in [5.74, 6) is -0.515. The summed E-state index contributed by atoms with van der Waals surface area (Å²) in [6, 6.07) is 1.65. The van der Waals surface area contributed by atoms with Crippen LogP contribution < -0.4 is 11.5 Å². The van der Waals surface area contributed by atoms with E-state index in [1.165, 1.54) is 18.4 Å². The first-order chi connectivity index (χ1) is 6.15. The third-order valence-electron chi connectivity index (χ3n) is 1.26. The Balaban J connectivity index is 3.03. The number of carbonyl (C=O) groups is 1. The molecule has 1 heterocycles.